The molecule has 0 spiro atoms. The topological polar surface area (TPSA) is 32.3 Å². The summed E-state index contributed by atoms with van der Waals surface area (Å²) in [5, 5.41) is 13.6. The summed E-state index contributed by atoms with van der Waals surface area (Å²) >= 11 is 6.15. The smallest absolute Gasteiger partial charge is 0.0496 e. The molecule has 17 heavy (non-hydrogen) atoms. The van der Waals surface area contributed by atoms with Gasteiger partial charge < -0.3 is 10.4 Å². The van der Waals surface area contributed by atoms with E-state index in [0.29, 0.717) is 0 Å². The third kappa shape index (κ3) is 3.98. The first kappa shape index (κ1) is 14.5. The zero-order chi connectivity index (χ0) is 12.9. The van der Waals surface area contributed by atoms with E-state index in [2.05, 4.69) is 26.1 Å². The Hall–Kier alpha value is -0.570. The van der Waals surface area contributed by atoms with Crippen LogP contribution in [0.2, 0.25) is 5.02 Å². The molecule has 0 saturated carbocycles. The minimum atomic E-state index is -0.0600. The highest BCUT2D eigenvalue weighted by atomic mass is 35.5. The van der Waals surface area contributed by atoms with Gasteiger partial charge in [0.05, 0.1) is 0 Å². The molecule has 1 rings (SSSR count). The molecule has 0 aromatic heterocycles. The maximum absolute atomic E-state index is 9.36. The number of nitrogens with one attached hydrogen (secondary N) is 1. The first-order valence-electron chi connectivity index (χ1n) is 6.11. The van der Waals surface area contributed by atoms with Gasteiger partial charge in [-0.05, 0) is 25.0 Å². The van der Waals surface area contributed by atoms with Crippen molar-refractivity contribution in [2.45, 2.75) is 33.2 Å². The summed E-state index contributed by atoms with van der Waals surface area (Å²) in [6, 6.07) is 8.05. The van der Waals surface area contributed by atoms with Gasteiger partial charge in [0.15, 0.2) is 0 Å². The normalized spacial score (nSPS) is 16.5. The molecule has 0 bridgehead atoms. The fourth-order valence-corrected chi connectivity index (χ4v) is 1.93. The van der Waals surface area contributed by atoms with Crippen LogP contribution in [-0.2, 0) is 0 Å². The first-order chi connectivity index (χ1) is 8.02. The van der Waals surface area contributed by atoms with Crippen molar-refractivity contribution in [3.63, 3.8) is 0 Å². The van der Waals surface area contributed by atoms with Crippen LogP contribution < -0.4 is 5.32 Å². The number of aliphatic hydroxyl groups excluding tert-OH is 1. The zero-order valence-corrected chi connectivity index (χ0v) is 11.6. The number of halogens is 1. The van der Waals surface area contributed by atoms with Crippen molar-refractivity contribution in [2.75, 3.05) is 13.2 Å². The lowest BCUT2D eigenvalue weighted by Crippen LogP contribution is -2.35. The third-order valence-corrected chi connectivity index (χ3v) is 3.79. The third-order valence-electron chi connectivity index (χ3n) is 3.44. The van der Waals surface area contributed by atoms with E-state index in [1.165, 1.54) is 0 Å². The Labute approximate surface area is 109 Å². The average Bonchev–Trinajstić information content (AvgIpc) is 2.36. The van der Waals surface area contributed by atoms with Crippen LogP contribution in [0.15, 0.2) is 24.3 Å². The van der Waals surface area contributed by atoms with Crippen LogP contribution in [0.25, 0.3) is 0 Å². The molecular formula is C14H22ClNO. The van der Waals surface area contributed by atoms with Crippen LogP contribution in [0.3, 0.4) is 0 Å². The lowest BCUT2D eigenvalue weighted by Gasteiger charge is -2.28. The summed E-state index contributed by atoms with van der Waals surface area (Å²) < 4.78 is 0. The van der Waals surface area contributed by atoms with Crippen LogP contribution >= 0.6 is 11.6 Å². The number of benzene rings is 1. The molecule has 3 heteroatoms. The molecule has 0 aliphatic carbocycles. The lowest BCUT2D eigenvalue weighted by atomic mass is 9.88. The quantitative estimate of drug-likeness (QED) is 0.817. The van der Waals surface area contributed by atoms with Gasteiger partial charge in [0.1, 0.15) is 0 Å². The van der Waals surface area contributed by atoms with Crippen LogP contribution in [0.1, 0.15) is 38.8 Å². The van der Waals surface area contributed by atoms with E-state index in [0.717, 1.165) is 23.6 Å². The highest BCUT2D eigenvalue weighted by molar-refractivity contribution is 6.31. The summed E-state index contributed by atoms with van der Waals surface area (Å²) in [5.74, 6) is 0. The standard InChI is InChI=1S/C14H22ClNO/c1-4-14(3,10-17)9-16-11(2)12-7-5-6-8-13(12)15/h5-8,11,16-17H,4,9-10H2,1-3H3/t11-,14?/m1/s1. The monoisotopic (exact) mass is 255 g/mol. The average molecular weight is 256 g/mol. The molecule has 1 unspecified atom stereocenters. The maximum atomic E-state index is 9.36. The SMILES string of the molecule is CCC(C)(CO)CN[C@H](C)c1ccccc1Cl. The fraction of sp³-hybridized carbons (Fsp3) is 0.571. The predicted molar refractivity (Wildman–Crippen MR) is 73.4 cm³/mol. The van der Waals surface area contributed by atoms with Crippen molar-refractivity contribution < 1.29 is 5.11 Å². The predicted octanol–water partition coefficient (Wildman–Crippen LogP) is 3.40. The zero-order valence-electron chi connectivity index (χ0n) is 10.8. The maximum Gasteiger partial charge on any atom is 0.0496 e. The summed E-state index contributed by atoms with van der Waals surface area (Å²) in [6.07, 6.45) is 0.950. The van der Waals surface area contributed by atoms with Gasteiger partial charge in [0, 0.05) is 29.6 Å². The van der Waals surface area contributed by atoms with E-state index in [9.17, 15) is 5.11 Å². The molecule has 96 valence electrons. The number of aliphatic hydroxyl groups is 1. The molecule has 1 aromatic rings. The minimum Gasteiger partial charge on any atom is -0.396 e. The van der Waals surface area contributed by atoms with Crippen molar-refractivity contribution in [1.29, 1.82) is 0 Å². The molecule has 0 heterocycles. The van der Waals surface area contributed by atoms with E-state index < -0.39 is 0 Å². The van der Waals surface area contributed by atoms with Crippen LogP contribution in [0.5, 0.6) is 0 Å². The van der Waals surface area contributed by atoms with Gasteiger partial charge in [0.25, 0.3) is 0 Å². The Morgan fingerprint density at radius 2 is 2.06 bits per heavy atom. The molecule has 2 atom stereocenters. The highest BCUT2D eigenvalue weighted by Gasteiger charge is 2.22. The van der Waals surface area contributed by atoms with Crippen molar-refractivity contribution >= 4 is 11.6 Å². The molecule has 0 fully saturated rings. The Balaban J connectivity index is 2.62. The van der Waals surface area contributed by atoms with Crippen LogP contribution in [0.4, 0.5) is 0 Å². The Morgan fingerprint density at radius 1 is 1.41 bits per heavy atom. The minimum absolute atomic E-state index is 0.0600. The summed E-state index contributed by atoms with van der Waals surface area (Å²) in [5.41, 5.74) is 1.04. The Bertz CT molecular complexity index is 350. The second kappa shape index (κ2) is 6.39. The molecule has 0 aliphatic heterocycles. The van der Waals surface area contributed by atoms with Crippen LogP contribution in [0, 0.1) is 5.41 Å². The largest absolute Gasteiger partial charge is 0.396 e. The van der Waals surface area contributed by atoms with Gasteiger partial charge in [-0.2, -0.15) is 0 Å². The molecule has 0 saturated heterocycles. The Morgan fingerprint density at radius 3 is 2.59 bits per heavy atom. The van der Waals surface area contributed by atoms with Gasteiger partial charge in [-0.3, -0.25) is 0 Å². The summed E-state index contributed by atoms with van der Waals surface area (Å²) in [6.45, 7) is 7.25. The van der Waals surface area contributed by atoms with E-state index in [1.54, 1.807) is 0 Å². The van der Waals surface area contributed by atoms with Gasteiger partial charge in [0.2, 0.25) is 0 Å². The summed E-state index contributed by atoms with van der Waals surface area (Å²) in [7, 11) is 0. The van der Waals surface area contributed by atoms with Crippen LogP contribution in [-0.4, -0.2) is 18.3 Å². The second-order valence-electron chi connectivity index (χ2n) is 4.95. The first-order valence-corrected chi connectivity index (χ1v) is 6.49. The second-order valence-corrected chi connectivity index (χ2v) is 5.35. The summed E-state index contributed by atoms with van der Waals surface area (Å²) in [4.78, 5) is 0. The van der Waals surface area contributed by atoms with Gasteiger partial charge in [-0.1, -0.05) is 43.6 Å². The van der Waals surface area contributed by atoms with Gasteiger partial charge >= 0.3 is 0 Å². The molecule has 1 aromatic carbocycles. The molecule has 0 radical (unpaired) electrons. The highest BCUT2D eigenvalue weighted by Crippen LogP contribution is 2.24. The number of hydrogen-bond donors (Lipinski definition) is 2. The van der Waals surface area contributed by atoms with E-state index >= 15 is 0 Å². The fourth-order valence-electron chi connectivity index (χ4n) is 1.63. The molecule has 2 N–H and O–H groups in total. The van der Waals surface area contributed by atoms with Gasteiger partial charge in [-0.15, -0.1) is 0 Å². The number of rotatable bonds is 6. The van der Waals surface area contributed by atoms with Gasteiger partial charge in [-0.25, -0.2) is 0 Å². The van der Waals surface area contributed by atoms with Crippen molar-refractivity contribution in [3.05, 3.63) is 34.9 Å². The van der Waals surface area contributed by atoms with Crippen molar-refractivity contribution in [2.24, 2.45) is 5.41 Å². The number of hydrogen-bond acceptors (Lipinski definition) is 2. The van der Waals surface area contributed by atoms with E-state index in [4.69, 9.17) is 11.6 Å². The van der Waals surface area contributed by atoms with Crippen molar-refractivity contribution in [3.8, 4) is 0 Å². The van der Waals surface area contributed by atoms with Crippen molar-refractivity contribution in [1.82, 2.24) is 5.32 Å². The lowest BCUT2D eigenvalue weighted by molar-refractivity contribution is 0.132. The molecular weight excluding hydrogens is 234 g/mol. The molecule has 0 aliphatic rings. The molecule has 2 nitrogen and oxygen atoms in total. The Kier molecular flexibility index (Phi) is 5.44. The van der Waals surface area contributed by atoms with E-state index in [-0.39, 0.29) is 18.1 Å². The van der Waals surface area contributed by atoms with E-state index in [1.807, 2.05) is 24.3 Å². The molecule has 0 amide bonds.